The largest absolute Gasteiger partial charge is 0.383 e. The van der Waals surface area contributed by atoms with Crippen LogP contribution in [0.15, 0.2) is 17.1 Å². The third-order valence-electron chi connectivity index (χ3n) is 1.36. The first-order valence-corrected chi connectivity index (χ1v) is 3.44. The molecule has 0 atom stereocenters. The number of hydrogen-bond donors (Lipinski definition) is 1. The van der Waals surface area contributed by atoms with E-state index >= 15 is 0 Å². The molecule has 0 aliphatic carbocycles. The average Bonchev–Trinajstić information content (AvgIpc) is 2.03. The lowest BCUT2D eigenvalue weighted by Gasteiger charge is -1.99. The van der Waals surface area contributed by atoms with Gasteiger partial charge in [0.2, 0.25) is 0 Å². The van der Waals surface area contributed by atoms with Crippen molar-refractivity contribution in [1.29, 1.82) is 5.26 Å². The second-order valence-corrected chi connectivity index (χ2v) is 2.24. The molecule has 12 heavy (non-hydrogen) atoms. The first-order valence-electron chi connectivity index (χ1n) is 3.44. The number of rotatable bonds is 2. The molecule has 0 aliphatic rings. The Morgan fingerprint density at radius 3 is 3.08 bits per heavy atom. The minimum absolute atomic E-state index is 0.202. The normalized spacial score (nSPS) is 9.25. The maximum Gasteiger partial charge on any atom is 0.349 e. The monoisotopic (exact) mass is 164 g/mol. The fraction of sp³-hybridized carbons (Fsp3) is 0.286. The first-order chi connectivity index (χ1) is 5.74. The number of nitrogens with zero attached hydrogens (tertiary/aromatic N) is 3. The standard InChI is InChI=1S/C7H8N4O/c8-3-1-4-11-5-2-6(9)10-7(11)12/h2,5H,1,4H2,(H2,9,10,12). The number of anilines is 1. The van der Waals surface area contributed by atoms with Gasteiger partial charge in [0.15, 0.2) is 0 Å². The van der Waals surface area contributed by atoms with Gasteiger partial charge >= 0.3 is 5.69 Å². The topological polar surface area (TPSA) is 84.7 Å². The summed E-state index contributed by atoms with van der Waals surface area (Å²) < 4.78 is 1.35. The lowest BCUT2D eigenvalue weighted by Crippen LogP contribution is -2.22. The molecule has 0 fully saturated rings. The van der Waals surface area contributed by atoms with Gasteiger partial charge in [0.05, 0.1) is 12.5 Å². The Morgan fingerprint density at radius 1 is 1.75 bits per heavy atom. The predicted molar refractivity (Wildman–Crippen MR) is 43.1 cm³/mol. The highest BCUT2D eigenvalue weighted by Crippen LogP contribution is 1.90. The molecule has 5 nitrogen and oxygen atoms in total. The summed E-state index contributed by atoms with van der Waals surface area (Å²) in [7, 11) is 0. The molecule has 0 bridgehead atoms. The minimum Gasteiger partial charge on any atom is -0.383 e. The zero-order valence-electron chi connectivity index (χ0n) is 6.40. The van der Waals surface area contributed by atoms with E-state index in [1.165, 1.54) is 16.8 Å². The predicted octanol–water partition coefficient (Wildman–Crippen LogP) is -0.261. The number of hydrogen-bond acceptors (Lipinski definition) is 4. The summed E-state index contributed by atoms with van der Waals surface area (Å²) in [6.45, 7) is 0.364. The third kappa shape index (κ3) is 1.83. The van der Waals surface area contributed by atoms with Gasteiger partial charge in [0.1, 0.15) is 5.82 Å². The molecule has 0 radical (unpaired) electrons. The lowest BCUT2D eigenvalue weighted by atomic mass is 10.4. The molecule has 1 aromatic rings. The van der Waals surface area contributed by atoms with Crippen LogP contribution in [0.2, 0.25) is 0 Å². The van der Waals surface area contributed by atoms with Crippen LogP contribution in [0, 0.1) is 11.3 Å². The molecule has 62 valence electrons. The van der Waals surface area contributed by atoms with E-state index in [1.807, 2.05) is 6.07 Å². The number of nitrogen functional groups attached to an aromatic ring is 1. The van der Waals surface area contributed by atoms with Gasteiger partial charge < -0.3 is 5.73 Å². The summed E-state index contributed by atoms with van der Waals surface area (Å²) >= 11 is 0. The Kier molecular flexibility index (Phi) is 2.43. The highest BCUT2D eigenvalue weighted by atomic mass is 16.1. The molecule has 5 heteroatoms. The fourth-order valence-electron chi connectivity index (χ4n) is 0.783. The number of nitrogens with two attached hydrogens (primary N) is 1. The van der Waals surface area contributed by atoms with Gasteiger partial charge in [0.25, 0.3) is 0 Å². The van der Waals surface area contributed by atoms with E-state index in [-0.39, 0.29) is 5.82 Å². The van der Waals surface area contributed by atoms with Gasteiger partial charge in [0, 0.05) is 12.7 Å². The SMILES string of the molecule is N#CCCn1ccc(N)nc1=O. The van der Waals surface area contributed by atoms with E-state index in [0.717, 1.165) is 0 Å². The number of aromatic nitrogens is 2. The maximum absolute atomic E-state index is 11.0. The van der Waals surface area contributed by atoms with Gasteiger partial charge in [-0.15, -0.1) is 0 Å². The Bertz CT molecular complexity index is 362. The van der Waals surface area contributed by atoms with Crippen LogP contribution in [0.3, 0.4) is 0 Å². The lowest BCUT2D eigenvalue weighted by molar-refractivity contribution is 0.665. The molecular weight excluding hydrogens is 156 g/mol. The molecule has 2 N–H and O–H groups in total. The summed E-state index contributed by atoms with van der Waals surface area (Å²) in [6, 6.07) is 3.47. The van der Waals surface area contributed by atoms with Crippen molar-refractivity contribution in [2.75, 3.05) is 5.73 Å². The van der Waals surface area contributed by atoms with E-state index in [0.29, 0.717) is 13.0 Å². The van der Waals surface area contributed by atoms with Crippen molar-refractivity contribution in [3.05, 3.63) is 22.7 Å². The van der Waals surface area contributed by atoms with Crippen molar-refractivity contribution in [2.45, 2.75) is 13.0 Å². The third-order valence-corrected chi connectivity index (χ3v) is 1.36. The summed E-state index contributed by atoms with van der Waals surface area (Å²) in [4.78, 5) is 14.5. The van der Waals surface area contributed by atoms with Crippen molar-refractivity contribution < 1.29 is 0 Å². The van der Waals surface area contributed by atoms with E-state index in [1.54, 1.807) is 0 Å². The number of aryl methyl sites for hydroxylation is 1. The Balaban J connectivity index is 2.89. The van der Waals surface area contributed by atoms with Crippen molar-refractivity contribution in [3.63, 3.8) is 0 Å². The van der Waals surface area contributed by atoms with Crippen LogP contribution < -0.4 is 11.4 Å². The van der Waals surface area contributed by atoms with Crippen LogP contribution in [0.5, 0.6) is 0 Å². The van der Waals surface area contributed by atoms with Crippen molar-refractivity contribution in [3.8, 4) is 6.07 Å². The molecule has 1 aromatic heterocycles. The molecule has 0 aromatic carbocycles. The van der Waals surface area contributed by atoms with E-state index in [2.05, 4.69) is 4.98 Å². The molecule has 1 rings (SSSR count). The molecule has 0 aliphatic heterocycles. The zero-order valence-corrected chi connectivity index (χ0v) is 6.40. The maximum atomic E-state index is 11.0. The second-order valence-electron chi connectivity index (χ2n) is 2.24. The van der Waals surface area contributed by atoms with Crippen molar-refractivity contribution in [1.82, 2.24) is 9.55 Å². The first kappa shape index (κ1) is 8.27. The van der Waals surface area contributed by atoms with Crippen LogP contribution in [0.1, 0.15) is 6.42 Å². The van der Waals surface area contributed by atoms with Gasteiger partial charge in [-0.1, -0.05) is 0 Å². The van der Waals surface area contributed by atoms with Gasteiger partial charge in [-0.25, -0.2) is 4.79 Å². The van der Waals surface area contributed by atoms with Crippen LogP contribution in [0.4, 0.5) is 5.82 Å². The van der Waals surface area contributed by atoms with Crippen LogP contribution >= 0.6 is 0 Å². The van der Waals surface area contributed by atoms with Crippen molar-refractivity contribution in [2.24, 2.45) is 0 Å². The molecule has 0 spiro atoms. The van der Waals surface area contributed by atoms with Crippen LogP contribution in [0.25, 0.3) is 0 Å². The summed E-state index contributed by atoms with van der Waals surface area (Å²) in [5.41, 5.74) is 4.85. The van der Waals surface area contributed by atoms with E-state index in [9.17, 15) is 4.79 Å². The van der Waals surface area contributed by atoms with Gasteiger partial charge in [-0.05, 0) is 6.07 Å². The minimum atomic E-state index is -0.412. The van der Waals surface area contributed by atoms with Crippen LogP contribution in [-0.2, 0) is 6.54 Å². The van der Waals surface area contributed by atoms with Crippen LogP contribution in [-0.4, -0.2) is 9.55 Å². The molecule has 0 amide bonds. The smallest absolute Gasteiger partial charge is 0.349 e. The quantitative estimate of drug-likeness (QED) is 0.652. The van der Waals surface area contributed by atoms with Crippen molar-refractivity contribution >= 4 is 5.82 Å². The highest BCUT2D eigenvalue weighted by Gasteiger charge is 1.95. The summed E-state index contributed by atoms with van der Waals surface area (Å²) in [6.07, 6.45) is 1.83. The Labute approximate surface area is 69.1 Å². The zero-order chi connectivity index (χ0) is 8.97. The molecule has 0 saturated heterocycles. The Hall–Kier alpha value is -1.83. The number of nitriles is 1. The van der Waals surface area contributed by atoms with Gasteiger partial charge in [-0.2, -0.15) is 10.2 Å². The molecular formula is C7H8N4O. The molecule has 1 heterocycles. The fourth-order valence-corrected chi connectivity index (χ4v) is 0.783. The summed E-state index contributed by atoms with van der Waals surface area (Å²) in [5, 5.41) is 8.26. The molecule has 0 saturated carbocycles. The Morgan fingerprint density at radius 2 is 2.50 bits per heavy atom. The highest BCUT2D eigenvalue weighted by molar-refractivity contribution is 5.23. The van der Waals surface area contributed by atoms with Gasteiger partial charge in [-0.3, -0.25) is 4.57 Å². The average molecular weight is 164 g/mol. The summed E-state index contributed by atoms with van der Waals surface area (Å²) in [5.74, 6) is 0.202. The van der Waals surface area contributed by atoms with E-state index < -0.39 is 5.69 Å². The molecule has 0 unspecified atom stereocenters. The second kappa shape index (κ2) is 3.53. The van der Waals surface area contributed by atoms with E-state index in [4.69, 9.17) is 11.0 Å².